The van der Waals surface area contributed by atoms with Crippen LogP contribution in [0.4, 0.5) is 0 Å². The third-order valence-corrected chi connectivity index (χ3v) is 3.40. The van der Waals surface area contributed by atoms with Gasteiger partial charge >= 0.3 is 0 Å². The Morgan fingerprint density at radius 1 is 1.35 bits per heavy atom. The molecule has 0 spiro atoms. The Labute approximate surface area is 122 Å². The Bertz CT molecular complexity index is 756. The molecule has 3 aromatic heterocycles. The van der Waals surface area contributed by atoms with Gasteiger partial charge in [-0.05, 0) is 25.5 Å². The van der Waals surface area contributed by atoms with Gasteiger partial charge in [0, 0.05) is 25.0 Å². The smallest absolute Gasteiger partial charge is 0.160 e. The molecule has 6 heteroatoms. The van der Waals surface area contributed by atoms with E-state index in [9.17, 15) is 0 Å². The van der Waals surface area contributed by atoms with Crippen molar-refractivity contribution in [3.8, 4) is 0 Å². The molecule has 0 amide bonds. The fourth-order valence-electron chi connectivity index (χ4n) is 2.32. The lowest BCUT2D eigenvalue weighted by Gasteiger charge is -2.08. The molecule has 3 heterocycles. The lowest BCUT2D eigenvalue weighted by atomic mass is 10.3. The Morgan fingerprint density at radius 2 is 2.15 bits per heavy atom. The largest absolute Gasteiger partial charge is 0.307 e. The van der Waals surface area contributed by atoms with E-state index in [1.165, 1.54) is 0 Å². The second kappa shape index (κ2) is 4.90. The molecule has 0 N–H and O–H groups in total. The van der Waals surface area contributed by atoms with Crippen molar-refractivity contribution in [2.45, 2.75) is 25.8 Å². The zero-order valence-electron chi connectivity index (χ0n) is 11.7. The number of nitrogens with zero attached hydrogens (tertiary/aromatic N) is 5. The number of hydrogen-bond acceptors (Lipinski definition) is 3. The molecular weight excluding hydrogens is 274 g/mol. The molecule has 0 aliphatic carbocycles. The highest BCUT2D eigenvalue weighted by molar-refractivity contribution is 6.20. The van der Waals surface area contributed by atoms with E-state index in [4.69, 9.17) is 11.6 Å². The highest BCUT2D eigenvalue weighted by Gasteiger charge is 2.16. The van der Waals surface area contributed by atoms with Gasteiger partial charge in [0.25, 0.3) is 0 Å². The summed E-state index contributed by atoms with van der Waals surface area (Å²) in [6.07, 6.45) is 5.69. The van der Waals surface area contributed by atoms with Gasteiger partial charge in [-0.25, -0.2) is 9.97 Å². The first-order chi connectivity index (χ1) is 9.54. The minimum atomic E-state index is -0.166. The van der Waals surface area contributed by atoms with Crippen molar-refractivity contribution in [2.24, 2.45) is 7.05 Å². The van der Waals surface area contributed by atoms with E-state index in [0.29, 0.717) is 6.54 Å². The Kier molecular flexibility index (Phi) is 3.22. The van der Waals surface area contributed by atoms with E-state index >= 15 is 0 Å². The molecule has 0 aliphatic rings. The van der Waals surface area contributed by atoms with E-state index in [0.717, 1.165) is 28.1 Å². The van der Waals surface area contributed by atoms with Crippen LogP contribution in [0.5, 0.6) is 0 Å². The second-order valence-electron chi connectivity index (χ2n) is 5.05. The summed E-state index contributed by atoms with van der Waals surface area (Å²) in [7, 11) is 1.90. The van der Waals surface area contributed by atoms with Crippen molar-refractivity contribution in [3.05, 3.63) is 41.6 Å². The van der Waals surface area contributed by atoms with Crippen LogP contribution in [0, 0.1) is 6.92 Å². The maximum atomic E-state index is 6.26. The number of pyridine rings is 1. The van der Waals surface area contributed by atoms with Crippen molar-refractivity contribution in [3.63, 3.8) is 0 Å². The molecule has 0 saturated carbocycles. The van der Waals surface area contributed by atoms with Gasteiger partial charge in [-0.3, -0.25) is 4.68 Å². The van der Waals surface area contributed by atoms with E-state index < -0.39 is 0 Å². The van der Waals surface area contributed by atoms with Crippen LogP contribution in [-0.4, -0.2) is 24.3 Å². The summed E-state index contributed by atoms with van der Waals surface area (Å²) in [6, 6.07) is 2.03. The Balaban J connectivity index is 2.13. The summed E-state index contributed by atoms with van der Waals surface area (Å²) in [4.78, 5) is 9.12. The fourth-order valence-corrected chi connectivity index (χ4v) is 2.49. The Hall–Kier alpha value is -1.88. The van der Waals surface area contributed by atoms with Gasteiger partial charge < -0.3 is 4.57 Å². The fraction of sp³-hybridized carbons (Fsp3) is 0.357. The summed E-state index contributed by atoms with van der Waals surface area (Å²) in [6.45, 7) is 4.61. The maximum Gasteiger partial charge on any atom is 0.160 e. The van der Waals surface area contributed by atoms with Crippen LogP contribution >= 0.6 is 11.6 Å². The maximum absolute atomic E-state index is 6.26. The standard InChI is InChI=1S/C14H16ClN5/c1-9-4-12-14(16-5-9)20(13(18-12)10(2)15)8-11-6-17-19(3)7-11/h4-7,10H,8H2,1-3H3. The summed E-state index contributed by atoms with van der Waals surface area (Å²) in [5.41, 5.74) is 3.95. The van der Waals surface area contributed by atoms with Gasteiger partial charge in [0.15, 0.2) is 5.65 Å². The summed E-state index contributed by atoms with van der Waals surface area (Å²) in [5, 5.41) is 4.03. The van der Waals surface area contributed by atoms with Crippen LogP contribution in [-0.2, 0) is 13.6 Å². The lowest BCUT2D eigenvalue weighted by Crippen LogP contribution is -2.06. The van der Waals surface area contributed by atoms with Crippen LogP contribution in [0.15, 0.2) is 24.7 Å². The third kappa shape index (κ3) is 2.29. The molecule has 1 unspecified atom stereocenters. The minimum Gasteiger partial charge on any atom is -0.307 e. The average Bonchev–Trinajstić information content (AvgIpc) is 2.94. The predicted octanol–water partition coefficient (Wildman–Crippen LogP) is 2.82. The van der Waals surface area contributed by atoms with Crippen molar-refractivity contribution >= 4 is 22.8 Å². The molecule has 3 aromatic rings. The molecule has 0 radical (unpaired) electrons. The molecule has 0 bridgehead atoms. The molecule has 5 nitrogen and oxygen atoms in total. The summed E-state index contributed by atoms with van der Waals surface area (Å²) < 4.78 is 3.85. The normalized spacial score (nSPS) is 13.0. The molecule has 0 aromatic carbocycles. The van der Waals surface area contributed by atoms with Crippen molar-refractivity contribution < 1.29 is 0 Å². The van der Waals surface area contributed by atoms with Gasteiger partial charge in [-0.15, -0.1) is 11.6 Å². The van der Waals surface area contributed by atoms with E-state index in [1.807, 2.05) is 45.6 Å². The predicted molar refractivity (Wildman–Crippen MR) is 78.8 cm³/mol. The van der Waals surface area contributed by atoms with Gasteiger partial charge in [-0.1, -0.05) is 0 Å². The van der Waals surface area contributed by atoms with E-state index in [1.54, 1.807) is 4.68 Å². The van der Waals surface area contributed by atoms with Crippen molar-refractivity contribution in [1.82, 2.24) is 24.3 Å². The van der Waals surface area contributed by atoms with Crippen LogP contribution < -0.4 is 0 Å². The first-order valence-corrected chi connectivity index (χ1v) is 6.92. The van der Waals surface area contributed by atoms with E-state index in [2.05, 4.69) is 19.6 Å². The first-order valence-electron chi connectivity index (χ1n) is 6.49. The average molecular weight is 290 g/mol. The van der Waals surface area contributed by atoms with Crippen LogP contribution in [0.2, 0.25) is 0 Å². The second-order valence-corrected chi connectivity index (χ2v) is 5.70. The highest BCUT2D eigenvalue weighted by atomic mass is 35.5. The summed E-state index contributed by atoms with van der Waals surface area (Å²) in [5.74, 6) is 0.837. The van der Waals surface area contributed by atoms with Crippen molar-refractivity contribution in [1.29, 1.82) is 0 Å². The molecule has 0 saturated heterocycles. The number of hydrogen-bond donors (Lipinski definition) is 0. The molecule has 3 rings (SSSR count). The summed E-state index contributed by atoms with van der Waals surface area (Å²) >= 11 is 6.26. The van der Waals surface area contributed by atoms with Gasteiger partial charge in [0.05, 0.1) is 18.1 Å². The molecule has 1 atom stereocenters. The number of aromatic nitrogens is 5. The number of rotatable bonds is 3. The number of halogens is 1. The SMILES string of the molecule is Cc1cnc2c(c1)nc(C(C)Cl)n2Cc1cnn(C)c1. The number of fused-ring (bicyclic) bond motifs is 1. The zero-order chi connectivity index (χ0) is 14.3. The van der Waals surface area contributed by atoms with Crippen LogP contribution in [0.1, 0.15) is 29.3 Å². The Morgan fingerprint density at radius 3 is 2.80 bits per heavy atom. The monoisotopic (exact) mass is 289 g/mol. The van der Waals surface area contributed by atoms with Crippen LogP contribution in [0.3, 0.4) is 0 Å². The topological polar surface area (TPSA) is 48.5 Å². The lowest BCUT2D eigenvalue weighted by molar-refractivity contribution is 0.732. The van der Waals surface area contributed by atoms with Crippen molar-refractivity contribution in [2.75, 3.05) is 0 Å². The van der Waals surface area contributed by atoms with Crippen LogP contribution in [0.25, 0.3) is 11.2 Å². The van der Waals surface area contributed by atoms with Gasteiger partial charge in [-0.2, -0.15) is 5.10 Å². The number of alkyl halides is 1. The molecule has 0 fully saturated rings. The zero-order valence-corrected chi connectivity index (χ0v) is 12.5. The van der Waals surface area contributed by atoms with Gasteiger partial charge in [0.2, 0.25) is 0 Å². The first kappa shape index (κ1) is 13.1. The third-order valence-electron chi connectivity index (χ3n) is 3.21. The number of imidazole rings is 1. The molecule has 104 valence electrons. The molecular formula is C14H16ClN5. The minimum absolute atomic E-state index is 0.166. The highest BCUT2D eigenvalue weighted by Crippen LogP contribution is 2.24. The number of aryl methyl sites for hydroxylation is 2. The molecule has 0 aliphatic heterocycles. The van der Waals surface area contributed by atoms with Gasteiger partial charge in [0.1, 0.15) is 11.3 Å². The van der Waals surface area contributed by atoms with E-state index in [-0.39, 0.29) is 5.38 Å². The quantitative estimate of drug-likeness (QED) is 0.697. The molecule has 20 heavy (non-hydrogen) atoms.